The second-order valence-electron chi connectivity index (χ2n) is 9.04. The summed E-state index contributed by atoms with van der Waals surface area (Å²) < 4.78 is 16.5. The summed E-state index contributed by atoms with van der Waals surface area (Å²) in [7, 11) is 1.59. The number of alkyl carbamates (subject to hydrolysis) is 1. The van der Waals surface area contributed by atoms with Crippen molar-refractivity contribution in [1.29, 1.82) is 0 Å². The van der Waals surface area contributed by atoms with Crippen LogP contribution in [0.2, 0.25) is 0 Å². The molecule has 0 bridgehead atoms. The second kappa shape index (κ2) is 13.3. The monoisotopic (exact) mass is 531 g/mol. The van der Waals surface area contributed by atoms with Crippen LogP contribution in [0.1, 0.15) is 36.5 Å². The average Bonchev–Trinajstić information content (AvgIpc) is 2.97. The van der Waals surface area contributed by atoms with Crippen molar-refractivity contribution in [3.8, 4) is 17.2 Å². The van der Waals surface area contributed by atoms with Gasteiger partial charge in [-0.1, -0.05) is 42.5 Å². The fourth-order valence-corrected chi connectivity index (χ4v) is 4.28. The first-order chi connectivity index (χ1) is 19.0. The Morgan fingerprint density at radius 3 is 2.51 bits per heavy atom. The molecule has 3 aromatic carbocycles. The lowest BCUT2D eigenvalue weighted by Crippen LogP contribution is -2.49. The van der Waals surface area contributed by atoms with Crippen molar-refractivity contribution in [2.45, 2.75) is 38.8 Å². The highest BCUT2D eigenvalue weighted by molar-refractivity contribution is 6.02. The quantitative estimate of drug-likeness (QED) is 0.394. The Kier molecular flexibility index (Phi) is 9.39. The molecular formula is C30H33N3O6. The van der Waals surface area contributed by atoms with Crippen molar-refractivity contribution >= 4 is 17.7 Å². The van der Waals surface area contributed by atoms with Gasteiger partial charge in [0.05, 0.1) is 19.4 Å². The van der Waals surface area contributed by atoms with Gasteiger partial charge in [0.2, 0.25) is 0 Å². The third kappa shape index (κ3) is 7.50. The van der Waals surface area contributed by atoms with E-state index in [-0.39, 0.29) is 24.7 Å². The highest BCUT2D eigenvalue weighted by Crippen LogP contribution is 2.29. The third-order valence-electron chi connectivity index (χ3n) is 6.26. The lowest BCUT2D eigenvalue weighted by Gasteiger charge is -2.28. The number of nitrogens with zero attached hydrogens (tertiary/aromatic N) is 2. The topological polar surface area (TPSA) is 110 Å². The number of benzene rings is 3. The van der Waals surface area contributed by atoms with Gasteiger partial charge in [-0.15, -0.1) is 0 Å². The van der Waals surface area contributed by atoms with E-state index in [0.717, 1.165) is 22.4 Å². The first-order valence-corrected chi connectivity index (χ1v) is 12.9. The molecule has 1 aliphatic heterocycles. The van der Waals surface area contributed by atoms with E-state index in [0.29, 0.717) is 37.5 Å². The zero-order valence-electron chi connectivity index (χ0n) is 22.1. The fraction of sp³-hybridized carbons (Fsp3) is 0.300. The number of phenols is 1. The van der Waals surface area contributed by atoms with Gasteiger partial charge in [0.25, 0.3) is 5.91 Å². The van der Waals surface area contributed by atoms with Crippen molar-refractivity contribution in [3.63, 3.8) is 0 Å². The van der Waals surface area contributed by atoms with E-state index >= 15 is 0 Å². The van der Waals surface area contributed by atoms with Crippen LogP contribution in [-0.4, -0.2) is 54.1 Å². The number of aromatic hydroxyl groups is 1. The molecule has 9 heteroatoms. The Bertz CT molecular complexity index is 1290. The maximum Gasteiger partial charge on any atom is 0.408 e. The second-order valence-corrected chi connectivity index (χ2v) is 9.04. The number of hydrogen-bond donors (Lipinski definition) is 2. The summed E-state index contributed by atoms with van der Waals surface area (Å²) in [6.07, 6.45) is 0.911. The molecule has 0 fully saturated rings. The Balaban J connectivity index is 1.53. The number of hydrogen-bond acceptors (Lipinski definition) is 7. The third-order valence-corrected chi connectivity index (χ3v) is 6.26. The van der Waals surface area contributed by atoms with Crippen LogP contribution in [0.3, 0.4) is 0 Å². The molecule has 3 aromatic rings. The number of methoxy groups -OCH3 is 1. The standard InChI is InChI=1S/C30H33N3O6/c1-3-38-28-19-23(13-16-27(28)37-2)25-10-7-17-33(32-25)29(35)26(18-21-11-14-24(34)15-12-21)31-30(36)39-20-22-8-5-4-6-9-22/h4-6,8-9,11-16,19,26,34H,3,7,10,17-18,20H2,1-2H3,(H,31,36)/t26-/m0/s1. The van der Waals surface area contributed by atoms with Crippen LogP contribution >= 0.6 is 0 Å². The van der Waals surface area contributed by atoms with Gasteiger partial charge in [-0.25, -0.2) is 9.80 Å². The van der Waals surface area contributed by atoms with Crippen LogP contribution in [0.5, 0.6) is 17.2 Å². The molecule has 4 rings (SSSR count). The zero-order chi connectivity index (χ0) is 27.6. The van der Waals surface area contributed by atoms with Crippen molar-refractivity contribution in [1.82, 2.24) is 10.3 Å². The van der Waals surface area contributed by atoms with Gasteiger partial charge in [0.1, 0.15) is 18.4 Å². The van der Waals surface area contributed by atoms with Gasteiger partial charge < -0.3 is 24.6 Å². The van der Waals surface area contributed by atoms with E-state index < -0.39 is 12.1 Å². The number of hydrazone groups is 1. The van der Waals surface area contributed by atoms with E-state index in [1.807, 2.05) is 55.5 Å². The van der Waals surface area contributed by atoms with E-state index in [2.05, 4.69) is 10.4 Å². The fourth-order valence-electron chi connectivity index (χ4n) is 4.28. The molecule has 0 saturated carbocycles. The van der Waals surface area contributed by atoms with Gasteiger partial charge in [-0.05, 0) is 61.2 Å². The first kappa shape index (κ1) is 27.5. The van der Waals surface area contributed by atoms with Crippen LogP contribution in [0.4, 0.5) is 4.79 Å². The molecule has 0 aromatic heterocycles. The van der Waals surface area contributed by atoms with E-state index in [4.69, 9.17) is 14.2 Å². The van der Waals surface area contributed by atoms with Crippen LogP contribution in [0, 0.1) is 0 Å². The van der Waals surface area contributed by atoms with E-state index in [9.17, 15) is 14.7 Å². The van der Waals surface area contributed by atoms with Gasteiger partial charge in [-0.3, -0.25) is 4.79 Å². The Morgan fingerprint density at radius 2 is 1.79 bits per heavy atom. The molecule has 0 spiro atoms. The summed E-state index contributed by atoms with van der Waals surface area (Å²) >= 11 is 0. The molecule has 204 valence electrons. The van der Waals surface area contributed by atoms with Crippen LogP contribution in [-0.2, 0) is 22.6 Å². The first-order valence-electron chi connectivity index (χ1n) is 12.9. The maximum atomic E-state index is 13.7. The minimum absolute atomic E-state index is 0.0818. The Labute approximate surface area is 228 Å². The molecule has 39 heavy (non-hydrogen) atoms. The highest BCUT2D eigenvalue weighted by Gasteiger charge is 2.29. The van der Waals surface area contributed by atoms with Gasteiger partial charge in [0.15, 0.2) is 11.5 Å². The van der Waals surface area contributed by atoms with E-state index in [1.54, 1.807) is 31.4 Å². The number of carbonyl (C=O) groups is 2. The molecule has 2 amide bonds. The predicted molar refractivity (Wildman–Crippen MR) is 147 cm³/mol. The summed E-state index contributed by atoms with van der Waals surface area (Å²) in [5.74, 6) is 0.998. The van der Waals surface area contributed by atoms with Crippen molar-refractivity contribution < 1.29 is 28.9 Å². The number of amides is 2. The summed E-state index contributed by atoms with van der Waals surface area (Å²) in [6.45, 7) is 2.89. The lowest BCUT2D eigenvalue weighted by molar-refractivity contribution is -0.133. The maximum absolute atomic E-state index is 13.7. The van der Waals surface area contributed by atoms with Crippen LogP contribution in [0.25, 0.3) is 0 Å². The number of carbonyl (C=O) groups excluding carboxylic acids is 2. The Hall–Kier alpha value is -4.53. The summed E-state index contributed by atoms with van der Waals surface area (Å²) in [6, 6.07) is 20.5. The lowest BCUT2D eigenvalue weighted by atomic mass is 10.0. The smallest absolute Gasteiger partial charge is 0.408 e. The number of ether oxygens (including phenoxy) is 3. The molecule has 1 atom stereocenters. The SMILES string of the molecule is CCOc1cc(C2=NN(C(=O)[C@H](Cc3ccc(O)cc3)NC(=O)OCc3ccccc3)CCC2)ccc1OC. The zero-order valence-corrected chi connectivity index (χ0v) is 22.1. The van der Waals surface area contributed by atoms with Crippen molar-refractivity contribution in [3.05, 3.63) is 89.5 Å². The molecule has 0 saturated heterocycles. The molecule has 1 heterocycles. The normalized spacial score (nSPS) is 13.7. The summed E-state index contributed by atoms with van der Waals surface area (Å²) in [5, 5.41) is 18.4. The van der Waals surface area contributed by atoms with Crippen molar-refractivity contribution in [2.24, 2.45) is 5.10 Å². The summed E-state index contributed by atoms with van der Waals surface area (Å²) in [5.41, 5.74) is 3.19. The Morgan fingerprint density at radius 1 is 1.03 bits per heavy atom. The van der Waals surface area contributed by atoms with Crippen molar-refractivity contribution in [2.75, 3.05) is 20.3 Å². The highest BCUT2D eigenvalue weighted by atomic mass is 16.5. The molecular weight excluding hydrogens is 498 g/mol. The summed E-state index contributed by atoms with van der Waals surface area (Å²) in [4.78, 5) is 26.4. The molecule has 0 radical (unpaired) electrons. The molecule has 9 nitrogen and oxygen atoms in total. The van der Waals surface area contributed by atoms with Crippen LogP contribution < -0.4 is 14.8 Å². The minimum atomic E-state index is -0.921. The molecule has 0 unspecified atom stereocenters. The number of phenolic OH excluding ortho intramolecular Hbond substituents is 1. The van der Waals surface area contributed by atoms with Crippen LogP contribution in [0.15, 0.2) is 77.9 Å². The predicted octanol–water partition coefficient (Wildman–Crippen LogP) is 4.66. The van der Waals surface area contributed by atoms with Gasteiger partial charge >= 0.3 is 6.09 Å². The molecule has 0 aliphatic carbocycles. The molecule has 2 N–H and O–H groups in total. The molecule has 1 aliphatic rings. The minimum Gasteiger partial charge on any atom is -0.508 e. The van der Waals surface area contributed by atoms with E-state index in [1.165, 1.54) is 5.01 Å². The number of rotatable bonds is 10. The van der Waals surface area contributed by atoms with Gasteiger partial charge in [0, 0.05) is 18.5 Å². The van der Waals surface area contributed by atoms with Gasteiger partial charge in [-0.2, -0.15) is 5.10 Å². The number of nitrogens with one attached hydrogen (secondary N) is 1. The largest absolute Gasteiger partial charge is 0.508 e. The average molecular weight is 532 g/mol.